The van der Waals surface area contributed by atoms with Crippen molar-refractivity contribution in [3.05, 3.63) is 89.8 Å². The van der Waals surface area contributed by atoms with Crippen molar-refractivity contribution in [2.24, 2.45) is 0 Å². The smallest absolute Gasteiger partial charge is 0.201 e. The van der Waals surface area contributed by atoms with Crippen LogP contribution in [0.2, 0.25) is 0 Å². The third-order valence-corrected chi connectivity index (χ3v) is 7.04. The number of allylic oxidation sites excluding steroid dienone is 2. The number of rotatable bonds is 12. The summed E-state index contributed by atoms with van der Waals surface area (Å²) in [6.45, 7) is 5.27. The summed E-state index contributed by atoms with van der Waals surface area (Å²) < 4.78 is 61.6. The van der Waals surface area contributed by atoms with E-state index < -0.39 is 11.6 Å². The minimum atomic E-state index is -0.982. The highest BCUT2D eigenvalue weighted by atomic mass is 19.2. The van der Waals surface area contributed by atoms with Crippen molar-refractivity contribution in [1.82, 2.24) is 0 Å². The van der Waals surface area contributed by atoms with Gasteiger partial charge in [-0.3, -0.25) is 0 Å². The zero-order valence-corrected chi connectivity index (χ0v) is 22.7. The van der Waals surface area contributed by atoms with Gasteiger partial charge in [-0.15, -0.1) is 0 Å². The second kappa shape index (κ2) is 14.3. The van der Waals surface area contributed by atoms with E-state index in [9.17, 15) is 8.78 Å². The molecule has 4 rings (SSSR count). The predicted octanol–water partition coefficient (Wildman–Crippen LogP) is 9.21. The van der Waals surface area contributed by atoms with E-state index in [1.54, 1.807) is 30.3 Å². The van der Waals surface area contributed by atoms with Crippen LogP contribution in [-0.4, -0.2) is 26.1 Å². The lowest BCUT2D eigenvalue weighted by molar-refractivity contribution is -0.189. The lowest BCUT2D eigenvalue weighted by Gasteiger charge is -2.29. The van der Waals surface area contributed by atoms with E-state index in [0.29, 0.717) is 36.5 Å². The summed E-state index contributed by atoms with van der Waals surface area (Å²) in [4.78, 5) is 0. The van der Waals surface area contributed by atoms with Crippen molar-refractivity contribution in [3.63, 3.8) is 0 Å². The molecule has 39 heavy (non-hydrogen) atoms. The topological polar surface area (TPSA) is 27.7 Å². The molecule has 0 bridgehead atoms. The Morgan fingerprint density at radius 1 is 0.846 bits per heavy atom. The van der Waals surface area contributed by atoms with E-state index in [1.165, 1.54) is 18.2 Å². The van der Waals surface area contributed by atoms with Gasteiger partial charge in [0.25, 0.3) is 0 Å². The Morgan fingerprint density at radius 2 is 1.56 bits per heavy atom. The van der Waals surface area contributed by atoms with Gasteiger partial charge in [0.1, 0.15) is 5.82 Å². The van der Waals surface area contributed by atoms with Crippen LogP contribution in [0, 0.1) is 17.5 Å². The fourth-order valence-electron chi connectivity index (χ4n) is 4.75. The Kier molecular flexibility index (Phi) is 10.6. The first-order valence-electron chi connectivity index (χ1n) is 13.9. The van der Waals surface area contributed by atoms with Crippen molar-refractivity contribution in [1.29, 1.82) is 0 Å². The molecular formula is C33H37F3O3. The summed E-state index contributed by atoms with van der Waals surface area (Å²) in [6.07, 6.45) is 9.47. The minimum Gasteiger partial charge on any atom is -0.490 e. The highest BCUT2D eigenvalue weighted by Gasteiger charge is 2.25. The average Bonchev–Trinajstić information content (AvgIpc) is 2.96. The monoisotopic (exact) mass is 538 g/mol. The number of unbranched alkanes of at least 4 members (excludes halogenated alkanes) is 3. The van der Waals surface area contributed by atoms with Gasteiger partial charge in [0, 0.05) is 17.9 Å². The number of hydrogen-bond donors (Lipinski definition) is 0. The van der Waals surface area contributed by atoms with E-state index in [0.717, 1.165) is 44.1 Å². The molecule has 3 aromatic carbocycles. The number of hydrogen-bond acceptors (Lipinski definition) is 3. The van der Waals surface area contributed by atoms with Crippen molar-refractivity contribution >= 4 is 0 Å². The van der Waals surface area contributed by atoms with E-state index in [2.05, 4.69) is 13.0 Å². The molecule has 1 aliphatic heterocycles. The third-order valence-electron chi connectivity index (χ3n) is 7.04. The molecule has 1 heterocycles. The van der Waals surface area contributed by atoms with Crippen LogP contribution in [0.4, 0.5) is 13.2 Å². The molecule has 0 N–H and O–H groups in total. The van der Waals surface area contributed by atoms with Gasteiger partial charge >= 0.3 is 0 Å². The zero-order valence-electron chi connectivity index (χ0n) is 22.7. The molecule has 0 aliphatic carbocycles. The van der Waals surface area contributed by atoms with Crippen LogP contribution in [0.3, 0.4) is 0 Å². The third kappa shape index (κ3) is 7.52. The van der Waals surface area contributed by atoms with Gasteiger partial charge in [-0.05, 0) is 60.2 Å². The van der Waals surface area contributed by atoms with Gasteiger partial charge in [-0.2, -0.15) is 4.39 Å². The molecule has 0 aromatic heterocycles. The first-order chi connectivity index (χ1) is 19.0. The molecule has 3 nitrogen and oxygen atoms in total. The minimum absolute atomic E-state index is 0.0714. The maximum atomic E-state index is 15.1. The number of ether oxygens (including phenoxy) is 3. The lowest BCUT2D eigenvalue weighted by atomic mass is 9.95. The molecular weight excluding hydrogens is 501 g/mol. The van der Waals surface area contributed by atoms with Crippen LogP contribution < -0.4 is 4.74 Å². The van der Waals surface area contributed by atoms with Gasteiger partial charge in [0.2, 0.25) is 5.82 Å². The van der Waals surface area contributed by atoms with Gasteiger partial charge in [0.05, 0.1) is 19.8 Å². The van der Waals surface area contributed by atoms with E-state index >= 15 is 4.39 Å². The van der Waals surface area contributed by atoms with Crippen molar-refractivity contribution in [2.45, 2.75) is 64.6 Å². The summed E-state index contributed by atoms with van der Waals surface area (Å²) in [5, 5.41) is 0. The summed E-state index contributed by atoms with van der Waals surface area (Å²) in [6, 6.07) is 15.1. The fourth-order valence-corrected chi connectivity index (χ4v) is 4.75. The molecule has 0 unspecified atom stereocenters. The summed E-state index contributed by atoms with van der Waals surface area (Å²) in [7, 11) is 0. The normalized spacial score (nSPS) is 17.6. The molecule has 6 heteroatoms. The summed E-state index contributed by atoms with van der Waals surface area (Å²) >= 11 is 0. The van der Waals surface area contributed by atoms with E-state index in [-0.39, 0.29) is 29.3 Å². The van der Waals surface area contributed by atoms with Crippen LogP contribution in [-0.2, 0) is 9.47 Å². The number of benzene rings is 3. The van der Waals surface area contributed by atoms with Gasteiger partial charge in [0.15, 0.2) is 17.9 Å². The Balaban J connectivity index is 1.39. The molecule has 0 amide bonds. The Bertz CT molecular complexity index is 1230. The first kappa shape index (κ1) is 28.9. The van der Waals surface area contributed by atoms with Crippen LogP contribution >= 0.6 is 0 Å². The van der Waals surface area contributed by atoms with Crippen LogP contribution in [0.25, 0.3) is 22.3 Å². The van der Waals surface area contributed by atoms with Crippen molar-refractivity contribution < 1.29 is 27.4 Å². The van der Waals surface area contributed by atoms with E-state index in [1.807, 2.05) is 19.1 Å². The lowest BCUT2D eigenvalue weighted by Crippen LogP contribution is -2.31. The highest BCUT2D eigenvalue weighted by Crippen LogP contribution is 2.33. The quantitative estimate of drug-likeness (QED) is 0.170. The molecule has 1 saturated heterocycles. The molecule has 0 radical (unpaired) electrons. The number of halogens is 3. The molecule has 208 valence electrons. The van der Waals surface area contributed by atoms with Gasteiger partial charge in [-0.25, -0.2) is 8.78 Å². The molecule has 1 fully saturated rings. The molecule has 0 saturated carbocycles. The van der Waals surface area contributed by atoms with E-state index in [4.69, 9.17) is 14.2 Å². The van der Waals surface area contributed by atoms with Crippen molar-refractivity contribution in [3.8, 4) is 28.0 Å². The van der Waals surface area contributed by atoms with Crippen LogP contribution in [0.1, 0.15) is 63.9 Å². The summed E-state index contributed by atoms with van der Waals surface area (Å²) in [5.74, 6) is -2.48. The average molecular weight is 539 g/mol. The molecule has 0 atom stereocenters. The fraction of sp³-hybridized carbons (Fsp3) is 0.394. The van der Waals surface area contributed by atoms with Crippen LogP contribution in [0.15, 0.2) is 66.7 Å². The maximum Gasteiger partial charge on any atom is 0.201 e. The summed E-state index contributed by atoms with van der Waals surface area (Å²) in [5.41, 5.74) is 2.72. The second-order valence-electron chi connectivity index (χ2n) is 9.90. The zero-order chi connectivity index (χ0) is 27.6. The predicted molar refractivity (Wildman–Crippen MR) is 149 cm³/mol. The SMILES string of the molecule is C/C=C/CCC1OCC(c2ccc(-c3ccc(-c4ccc(OCCCCCC)c(F)c4F)cc3)cc2F)CO1. The molecule has 3 aromatic rings. The van der Waals surface area contributed by atoms with Gasteiger partial charge in [-0.1, -0.05) is 74.7 Å². The van der Waals surface area contributed by atoms with Crippen LogP contribution in [0.5, 0.6) is 5.75 Å². The van der Waals surface area contributed by atoms with Crippen molar-refractivity contribution in [2.75, 3.05) is 19.8 Å². The molecule has 0 spiro atoms. The largest absolute Gasteiger partial charge is 0.490 e. The highest BCUT2D eigenvalue weighted by molar-refractivity contribution is 5.71. The Morgan fingerprint density at radius 3 is 2.26 bits per heavy atom. The van der Waals surface area contributed by atoms with Gasteiger partial charge < -0.3 is 14.2 Å². The molecule has 1 aliphatic rings. The second-order valence-corrected chi connectivity index (χ2v) is 9.90. The Hall–Kier alpha value is -3.09. The first-order valence-corrected chi connectivity index (χ1v) is 13.9. The standard InChI is InChI=1S/C33H37F3O3/c1-3-5-7-9-19-37-30-18-17-28(32(35)33(30)36)24-13-11-23(12-14-24)25-15-16-27(29(34)20-25)26-21-38-31(39-22-26)10-8-6-4-2/h4,6,11-18,20,26,31H,3,5,7-10,19,21-22H2,1-2H3/b6-4+. The Labute approximate surface area is 229 Å². The maximum absolute atomic E-state index is 15.1.